The van der Waals surface area contributed by atoms with E-state index in [1.54, 1.807) is 61.0 Å². The van der Waals surface area contributed by atoms with E-state index in [0.717, 1.165) is 11.3 Å². The molecule has 4 rings (SSSR count). The van der Waals surface area contributed by atoms with Gasteiger partial charge in [0.1, 0.15) is 0 Å². The topological polar surface area (TPSA) is 117 Å². The number of pyridine rings is 2. The number of rotatable bonds is 8. The van der Waals surface area contributed by atoms with Crippen LogP contribution in [0.25, 0.3) is 28.0 Å². The van der Waals surface area contributed by atoms with Crippen molar-refractivity contribution in [1.82, 2.24) is 24.3 Å². The summed E-state index contributed by atoms with van der Waals surface area (Å²) in [6.07, 6.45) is 2.80. The summed E-state index contributed by atoms with van der Waals surface area (Å²) < 4.78 is 19.0. The van der Waals surface area contributed by atoms with Crippen LogP contribution in [0.3, 0.4) is 0 Å². The molecule has 0 amide bonds. The maximum absolute atomic E-state index is 10.8. The standard InChI is InChI=1S/C22H25N5O5/c1-13(28)10-27-15(12-30-2)8-20(25-27)26-11-18-16(22(26)29)5-6-17(24-18)14-7-19(31-3)21(32-4)23-9-14/h5-9,11,13,28-29H,10,12H2,1-4H3/t13-/m0/s1. The van der Waals surface area contributed by atoms with Crippen LogP contribution in [-0.4, -0.2) is 62.0 Å². The van der Waals surface area contributed by atoms with Gasteiger partial charge in [-0.25, -0.2) is 9.97 Å². The number of aliphatic hydroxyl groups excluding tert-OH is 1. The molecule has 0 saturated carbocycles. The average Bonchev–Trinajstić information content (AvgIpc) is 3.33. The van der Waals surface area contributed by atoms with Crippen LogP contribution in [0.4, 0.5) is 0 Å². The molecule has 2 N–H and O–H groups in total. The monoisotopic (exact) mass is 439 g/mol. The van der Waals surface area contributed by atoms with Crippen molar-refractivity contribution < 1.29 is 24.4 Å². The van der Waals surface area contributed by atoms with Gasteiger partial charge in [0.25, 0.3) is 5.88 Å². The van der Waals surface area contributed by atoms with Crippen LogP contribution in [0.2, 0.25) is 0 Å². The number of hydrogen-bond acceptors (Lipinski definition) is 8. The Morgan fingerprint density at radius 3 is 2.62 bits per heavy atom. The van der Waals surface area contributed by atoms with Crippen molar-refractivity contribution in [3.8, 4) is 34.6 Å². The summed E-state index contributed by atoms with van der Waals surface area (Å²) >= 11 is 0. The zero-order valence-corrected chi connectivity index (χ0v) is 18.3. The van der Waals surface area contributed by atoms with Crippen molar-refractivity contribution in [3.05, 3.63) is 42.4 Å². The Kier molecular flexibility index (Phi) is 5.97. The smallest absolute Gasteiger partial charge is 0.256 e. The summed E-state index contributed by atoms with van der Waals surface area (Å²) in [5.74, 6) is 1.42. The Morgan fingerprint density at radius 2 is 1.94 bits per heavy atom. The highest BCUT2D eigenvalue weighted by atomic mass is 16.5. The fraction of sp³-hybridized carbons (Fsp3) is 0.318. The van der Waals surface area contributed by atoms with E-state index in [-0.39, 0.29) is 5.88 Å². The van der Waals surface area contributed by atoms with E-state index in [0.29, 0.717) is 47.2 Å². The molecule has 32 heavy (non-hydrogen) atoms. The summed E-state index contributed by atoms with van der Waals surface area (Å²) in [6, 6.07) is 7.20. The summed E-state index contributed by atoms with van der Waals surface area (Å²) in [6.45, 7) is 2.33. The number of aromatic hydroxyl groups is 1. The lowest BCUT2D eigenvalue weighted by Crippen LogP contribution is -2.15. The Hall–Kier alpha value is -3.63. The van der Waals surface area contributed by atoms with Gasteiger partial charge in [-0.3, -0.25) is 9.25 Å². The van der Waals surface area contributed by atoms with Crippen LogP contribution in [0.5, 0.6) is 17.5 Å². The van der Waals surface area contributed by atoms with Crippen molar-refractivity contribution in [1.29, 1.82) is 0 Å². The van der Waals surface area contributed by atoms with Crippen LogP contribution >= 0.6 is 0 Å². The van der Waals surface area contributed by atoms with Crippen LogP contribution in [0.1, 0.15) is 12.6 Å². The third-order valence-corrected chi connectivity index (χ3v) is 5.00. The molecule has 10 heteroatoms. The lowest BCUT2D eigenvalue weighted by molar-refractivity contribution is 0.151. The number of nitrogens with zero attached hydrogens (tertiary/aromatic N) is 5. The molecule has 0 aliphatic heterocycles. The SMILES string of the molecule is COCc1cc(-n2cc3nc(-c4cnc(OC)c(OC)c4)ccc3c2O)nn1C[C@H](C)O. The molecule has 1 atom stereocenters. The van der Waals surface area contributed by atoms with Gasteiger partial charge in [0.2, 0.25) is 5.88 Å². The van der Waals surface area contributed by atoms with Gasteiger partial charge in [0.05, 0.1) is 55.8 Å². The van der Waals surface area contributed by atoms with Crippen molar-refractivity contribution in [2.75, 3.05) is 21.3 Å². The predicted molar refractivity (Wildman–Crippen MR) is 117 cm³/mol. The molecule has 4 aromatic rings. The molecule has 4 aromatic heterocycles. The van der Waals surface area contributed by atoms with Gasteiger partial charge in [-0.2, -0.15) is 5.10 Å². The molecule has 0 aliphatic rings. The fourth-order valence-corrected chi connectivity index (χ4v) is 3.51. The lowest BCUT2D eigenvalue weighted by Gasteiger charge is -2.08. The van der Waals surface area contributed by atoms with Gasteiger partial charge in [0.15, 0.2) is 11.6 Å². The zero-order chi connectivity index (χ0) is 22.8. The van der Waals surface area contributed by atoms with E-state index in [1.165, 1.54) is 7.11 Å². The van der Waals surface area contributed by atoms with Crippen molar-refractivity contribution in [2.45, 2.75) is 26.2 Å². The molecule has 0 spiro atoms. The van der Waals surface area contributed by atoms with Crippen molar-refractivity contribution in [2.24, 2.45) is 0 Å². The first-order valence-electron chi connectivity index (χ1n) is 9.98. The number of ether oxygens (including phenoxy) is 3. The van der Waals surface area contributed by atoms with Crippen molar-refractivity contribution in [3.63, 3.8) is 0 Å². The van der Waals surface area contributed by atoms with E-state index < -0.39 is 6.10 Å². The Labute approximate surface area is 184 Å². The van der Waals surface area contributed by atoms with Gasteiger partial charge in [-0.15, -0.1) is 0 Å². The molecule has 0 radical (unpaired) electrons. The first-order chi connectivity index (χ1) is 15.4. The van der Waals surface area contributed by atoms with E-state index in [4.69, 9.17) is 14.2 Å². The average molecular weight is 439 g/mol. The van der Waals surface area contributed by atoms with Gasteiger partial charge < -0.3 is 24.4 Å². The molecule has 4 heterocycles. The number of aromatic nitrogens is 5. The van der Waals surface area contributed by atoms with Crippen LogP contribution in [0.15, 0.2) is 36.7 Å². The summed E-state index contributed by atoms with van der Waals surface area (Å²) in [4.78, 5) is 8.94. The third-order valence-electron chi connectivity index (χ3n) is 5.00. The number of fused-ring (bicyclic) bond motifs is 1. The lowest BCUT2D eigenvalue weighted by atomic mass is 10.1. The first kappa shape index (κ1) is 21.6. The predicted octanol–water partition coefficient (Wildman–Crippen LogP) is 2.53. The number of methoxy groups -OCH3 is 3. The van der Waals surface area contributed by atoms with E-state index in [2.05, 4.69) is 15.1 Å². The molecule has 0 bridgehead atoms. The van der Waals surface area contributed by atoms with Crippen LogP contribution < -0.4 is 9.47 Å². The maximum atomic E-state index is 10.8. The highest BCUT2D eigenvalue weighted by Gasteiger charge is 2.17. The first-order valence-corrected chi connectivity index (χ1v) is 9.98. The van der Waals surface area contributed by atoms with Gasteiger partial charge in [-0.1, -0.05) is 0 Å². The van der Waals surface area contributed by atoms with Crippen LogP contribution in [0, 0.1) is 0 Å². The molecule has 0 unspecified atom stereocenters. The van der Waals surface area contributed by atoms with Crippen molar-refractivity contribution >= 4 is 10.9 Å². The van der Waals surface area contributed by atoms with E-state index >= 15 is 0 Å². The minimum Gasteiger partial charge on any atom is -0.494 e. The van der Waals surface area contributed by atoms with Crippen LogP contribution in [-0.2, 0) is 17.9 Å². The third kappa shape index (κ3) is 3.97. The second-order valence-electron chi connectivity index (χ2n) is 7.35. The second kappa shape index (κ2) is 8.85. The number of aliphatic hydroxyl groups is 1. The second-order valence-corrected chi connectivity index (χ2v) is 7.35. The molecule has 0 aliphatic carbocycles. The molecule has 10 nitrogen and oxygen atoms in total. The van der Waals surface area contributed by atoms with Gasteiger partial charge in [-0.05, 0) is 25.1 Å². The van der Waals surface area contributed by atoms with E-state index in [9.17, 15) is 10.2 Å². The molecular weight excluding hydrogens is 414 g/mol. The largest absolute Gasteiger partial charge is 0.494 e. The van der Waals surface area contributed by atoms with Gasteiger partial charge in [0, 0.05) is 31.1 Å². The minimum atomic E-state index is -0.574. The molecule has 0 saturated heterocycles. The normalized spacial score (nSPS) is 12.3. The fourth-order valence-electron chi connectivity index (χ4n) is 3.51. The van der Waals surface area contributed by atoms with E-state index in [1.807, 2.05) is 6.07 Å². The Balaban J connectivity index is 1.75. The quantitative estimate of drug-likeness (QED) is 0.430. The number of hydrogen-bond donors (Lipinski definition) is 2. The van der Waals surface area contributed by atoms with Gasteiger partial charge >= 0.3 is 0 Å². The molecular formula is C22H25N5O5. The maximum Gasteiger partial charge on any atom is 0.256 e. The highest BCUT2D eigenvalue weighted by molar-refractivity contribution is 5.87. The summed E-state index contributed by atoms with van der Waals surface area (Å²) in [7, 11) is 4.67. The molecule has 0 aromatic carbocycles. The zero-order valence-electron chi connectivity index (χ0n) is 18.3. The summed E-state index contributed by atoms with van der Waals surface area (Å²) in [5, 5.41) is 25.7. The summed E-state index contributed by atoms with van der Waals surface area (Å²) in [5.41, 5.74) is 2.79. The highest BCUT2D eigenvalue weighted by Crippen LogP contribution is 2.33. The minimum absolute atomic E-state index is 0.0233. The molecule has 0 fully saturated rings. The Bertz CT molecular complexity index is 1250. The molecule has 168 valence electrons. The Morgan fingerprint density at radius 1 is 1.12 bits per heavy atom.